The maximum absolute atomic E-state index is 13.9. The molecule has 2 atom stereocenters. The van der Waals surface area contributed by atoms with Crippen LogP contribution >= 0.6 is 11.6 Å². The number of anilines is 1. The minimum atomic E-state index is -5.04. The highest BCUT2D eigenvalue weighted by Crippen LogP contribution is 2.36. The Morgan fingerprint density at radius 2 is 1.64 bits per heavy atom. The van der Waals surface area contributed by atoms with Gasteiger partial charge in [-0.15, -0.1) is 13.2 Å². The number of carbonyl (C=O) groups excluding carboxylic acids is 2. The Balaban J connectivity index is 2.62. The van der Waals surface area contributed by atoms with E-state index in [0.29, 0.717) is 4.90 Å². The van der Waals surface area contributed by atoms with Crippen molar-refractivity contribution in [1.29, 1.82) is 0 Å². The molecule has 180 valence electrons. The van der Waals surface area contributed by atoms with Crippen molar-refractivity contribution < 1.29 is 45.1 Å². The molecule has 2 amide bonds. The molecule has 0 radical (unpaired) electrons. The lowest BCUT2D eigenvalue weighted by molar-refractivity contribution is -0.274. The number of hydrogen-bond acceptors (Lipinski definition) is 5. The van der Waals surface area contributed by atoms with Crippen molar-refractivity contribution in [3.63, 3.8) is 0 Å². The number of benzene rings is 1. The zero-order chi connectivity index (χ0) is 25.0. The molecule has 1 aromatic carbocycles. The quantitative estimate of drug-likeness (QED) is 0.459. The van der Waals surface area contributed by atoms with Crippen molar-refractivity contribution in [3.05, 3.63) is 48.5 Å². The number of halogens is 8. The highest BCUT2D eigenvalue weighted by atomic mass is 35.5. The fraction of sp³-hybridized carbons (Fsp3) is 0.333. The fourth-order valence-corrected chi connectivity index (χ4v) is 2.86. The molecule has 0 aliphatic heterocycles. The van der Waals surface area contributed by atoms with Gasteiger partial charge in [0, 0.05) is 23.6 Å². The molecule has 0 fully saturated rings. The van der Waals surface area contributed by atoms with Gasteiger partial charge >= 0.3 is 12.5 Å². The first kappa shape index (κ1) is 26.1. The Labute approximate surface area is 186 Å². The third kappa shape index (κ3) is 6.66. The number of aromatic nitrogens is 2. The van der Waals surface area contributed by atoms with Crippen molar-refractivity contribution >= 4 is 29.1 Å². The maximum atomic E-state index is 13.9. The summed E-state index contributed by atoms with van der Waals surface area (Å²) >= 11 is 5.26. The monoisotopic (exact) mass is 502 g/mol. The molecule has 15 heteroatoms. The molecule has 7 nitrogen and oxygen atoms in total. The van der Waals surface area contributed by atoms with E-state index in [2.05, 4.69) is 14.7 Å². The number of carbonyl (C=O) groups is 2. The van der Waals surface area contributed by atoms with Crippen LogP contribution in [0.3, 0.4) is 0 Å². The molecule has 33 heavy (non-hydrogen) atoms. The maximum Gasteiger partial charge on any atom is 0.573 e. The first-order valence-corrected chi connectivity index (χ1v) is 9.17. The topological polar surface area (TPSA) is 84.4 Å². The molecule has 0 bridgehead atoms. The molecule has 2 rings (SSSR count). The first-order valence-electron chi connectivity index (χ1n) is 8.73. The molecule has 0 saturated carbocycles. The van der Waals surface area contributed by atoms with E-state index >= 15 is 0 Å². The largest absolute Gasteiger partial charge is 0.573 e. The second-order valence-corrected chi connectivity index (χ2v) is 6.90. The number of hydrogen-bond donors (Lipinski definition) is 1. The summed E-state index contributed by atoms with van der Waals surface area (Å²) in [7, 11) is 0. The molecule has 0 spiro atoms. The normalized spacial score (nSPS) is 14.7. The molecular formula is C18H14ClF7N4O3. The van der Waals surface area contributed by atoms with Gasteiger partial charge in [-0.1, -0.05) is 11.6 Å². The molecule has 1 N–H and O–H groups in total. The lowest BCUT2D eigenvalue weighted by atomic mass is 9.90. The van der Waals surface area contributed by atoms with Gasteiger partial charge in [0.2, 0.25) is 0 Å². The summed E-state index contributed by atoms with van der Waals surface area (Å²) in [6.07, 6.45) is -6.87. The van der Waals surface area contributed by atoms with Crippen LogP contribution < -0.4 is 15.0 Å². The Bertz CT molecular complexity index is 972. The van der Waals surface area contributed by atoms with Crippen molar-refractivity contribution in [1.82, 2.24) is 15.3 Å². The van der Waals surface area contributed by atoms with Gasteiger partial charge in [-0.25, -0.2) is 14.4 Å². The smallest absolute Gasteiger partial charge is 0.406 e. The highest BCUT2D eigenvalue weighted by molar-refractivity contribution is 6.32. The molecule has 1 heterocycles. The number of alkyl halides is 8. The van der Waals surface area contributed by atoms with Gasteiger partial charge in [0.05, 0.1) is 0 Å². The van der Waals surface area contributed by atoms with Crippen LogP contribution in [0.4, 0.5) is 36.4 Å². The van der Waals surface area contributed by atoms with Crippen LogP contribution in [0.5, 0.6) is 5.75 Å². The van der Waals surface area contributed by atoms with Crippen LogP contribution in [0.15, 0.2) is 43.0 Å². The van der Waals surface area contributed by atoms with Crippen LogP contribution in [0.1, 0.15) is 12.5 Å². The third-order valence-electron chi connectivity index (χ3n) is 4.20. The summed E-state index contributed by atoms with van der Waals surface area (Å²) in [6.45, 7) is -0.829. The van der Waals surface area contributed by atoms with E-state index in [0.717, 1.165) is 49.9 Å². The summed E-state index contributed by atoms with van der Waals surface area (Å²) in [5.41, 5.74) is -5.80. The summed E-state index contributed by atoms with van der Waals surface area (Å²) < 4.78 is 92.9. The molecule has 1 aromatic heterocycles. The molecule has 0 aliphatic rings. The van der Waals surface area contributed by atoms with E-state index in [1.807, 2.05) is 0 Å². The number of ether oxygens (including phenoxy) is 1. The summed E-state index contributed by atoms with van der Waals surface area (Å²) in [5, 5.41) is 1.60. The number of rotatable bonds is 7. The molecule has 0 aliphatic carbocycles. The van der Waals surface area contributed by atoms with E-state index in [1.54, 1.807) is 5.32 Å². The second-order valence-electron chi connectivity index (χ2n) is 6.51. The number of nitrogens with one attached hydrogen (secondary N) is 1. The van der Waals surface area contributed by atoms with Crippen LogP contribution in [-0.2, 0) is 15.1 Å². The number of amides is 2. The van der Waals surface area contributed by atoms with E-state index < -0.39 is 47.8 Å². The van der Waals surface area contributed by atoms with E-state index in [-0.39, 0.29) is 11.3 Å². The Hall–Kier alpha value is -3.16. The minimum absolute atomic E-state index is 0.244. The van der Waals surface area contributed by atoms with Gasteiger partial charge in [-0.2, -0.15) is 13.2 Å². The van der Waals surface area contributed by atoms with Crippen molar-refractivity contribution in [2.24, 2.45) is 0 Å². The highest BCUT2D eigenvalue weighted by Gasteiger charge is 2.48. The fourth-order valence-electron chi connectivity index (χ4n) is 2.77. The van der Waals surface area contributed by atoms with Crippen molar-refractivity contribution in [2.45, 2.75) is 30.6 Å². The SMILES string of the molecule is C[C@@](C(=O)NCC(F)(F)F)(c1cncnc1)N(C(=O)[C@H](F)Cl)c1ccc(OC(F)(F)F)cc1. The predicted octanol–water partition coefficient (Wildman–Crippen LogP) is 3.84. The van der Waals surface area contributed by atoms with E-state index in [1.165, 1.54) is 0 Å². The van der Waals surface area contributed by atoms with Crippen LogP contribution in [-0.4, -0.2) is 46.5 Å². The Morgan fingerprint density at radius 1 is 1.09 bits per heavy atom. The molecule has 0 unspecified atom stereocenters. The Morgan fingerprint density at radius 3 is 2.09 bits per heavy atom. The summed E-state index contributed by atoms with van der Waals surface area (Å²) in [6, 6.07) is 3.22. The first-order chi connectivity index (χ1) is 15.1. The number of nitrogens with zero attached hydrogens (tertiary/aromatic N) is 3. The zero-order valence-electron chi connectivity index (χ0n) is 16.4. The lowest BCUT2D eigenvalue weighted by Crippen LogP contribution is -2.59. The van der Waals surface area contributed by atoms with Gasteiger partial charge < -0.3 is 10.1 Å². The van der Waals surface area contributed by atoms with Crippen molar-refractivity contribution in [2.75, 3.05) is 11.4 Å². The van der Waals surface area contributed by atoms with Gasteiger partial charge in [-0.05, 0) is 31.2 Å². The van der Waals surface area contributed by atoms with Gasteiger partial charge in [0.15, 0.2) is 5.54 Å². The van der Waals surface area contributed by atoms with E-state index in [9.17, 15) is 40.3 Å². The van der Waals surface area contributed by atoms with Gasteiger partial charge in [-0.3, -0.25) is 14.5 Å². The summed E-state index contributed by atoms with van der Waals surface area (Å²) in [5.74, 6) is -3.72. The van der Waals surface area contributed by atoms with Crippen LogP contribution in [0, 0.1) is 0 Å². The summed E-state index contributed by atoms with van der Waals surface area (Å²) in [4.78, 5) is 33.3. The molecular weight excluding hydrogens is 489 g/mol. The zero-order valence-corrected chi connectivity index (χ0v) is 17.2. The third-order valence-corrected chi connectivity index (χ3v) is 4.38. The Kier molecular flexibility index (Phi) is 7.72. The molecule has 2 aromatic rings. The van der Waals surface area contributed by atoms with Gasteiger partial charge in [0.25, 0.3) is 17.4 Å². The van der Waals surface area contributed by atoms with Crippen LogP contribution in [0.25, 0.3) is 0 Å². The van der Waals surface area contributed by atoms with Gasteiger partial charge in [0.1, 0.15) is 18.6 Å². The predicted molar refractivity (Wildman–Crippen MR) is 99.8 cm³/mol. The average Bonchev–Trinajstić information content (AvgIpc) is 2.72. The second kappa shape index (κ2) is 9.77. The van der Waals surface area contributed by atoms with Crippen molar-refractivity contribution in [3.8, 4) is 5.75 Å². The molecule has 0 saturated heterocycles. The minimum Gasteiger partial charge on any atom is -0.406 e. The average molecular weight is 503 g/mol. The van der Waals surface area contributed by atoms with E-state index in [4.69, 9.17) is 11.6 Å². The standard InChI is InChI=1S/C18H14ClF7N4O3/c1-16(10-6-27-9-28-7-10,15(32)29-8-17(21,22)23)30(14(31)13(19)20)11-2-4-12(5-3-11)33-18(24,25)26/h2-7,9,13H,8H2,1H3,(H,29,32)/t13-,16-/m0/s1. The van der Waals surface area contributed by atoms with Crippen LogP contribution in [0.2, 0.25) is 0 Å². The lowest BCUT2D eigenvalue weighted by Gasteiger charge is -2.40.